The number of nitrogens with one attached hydrogen (secondary N) is 2. The van der Waals surface area contributed by atoms with Gasteiger partial charge in [0.1, 0.15) is 0 Å². The Kier molecular flexibility index (Phi) is 15.2. The summed E-state index contributed by atoms with van der Waals surface area (Å²) >= 11 is 0. The number of hydrogen-bond donors (Lipinski definition) is 3. The van der Waals surface area contributed by atoms with E-state index in [9.17, 15) is 5.11 Å². The molecule has 1 aromatic carbocycles. The van der Waals surface area contributed by atoms with Gasteiger partial charge in [-0.3, -0.25) is 4.90 Å². The summed E-state index contributed by atoms with van der Waals surface area (Å²) in [7, 11) is 2.21. The lowest BCUT2D eigenvalue weighted by Gasteiger charge is -2.20. The molecule has 3 N–H and O–H groups in total. The number of benzene rings is 1. The van der Waals surface area contributed by atoms with E-state index in [2.05, 4.69) is 65.6 Å². The monoisotopic (exact) mass is 545 g/mol. The Balaban J connectivity index is 0.00000480. The predicted octanol–water partition coefficient (Wildman–Crippen LogP) is 3.30. The Bertz CT molecular complexity index is 604. The average molecular weight is 546 g/mol. The van der Waals surface area contributed by atoms with Crippen LogP contribution >= 0.6 is 24.0 Å². The summed E-state index contributed by atoms with van der Waals surface area (Å²) in [6.45, 7) is 12.6. The van der Waals surface area contributed by atoms with Crippen LogP contribution in [0.1, 0.15) is 50.7 Å². The molecule has 31 heavy (non-hydrogen) atoms. The Hall–Kier alpha value is -0.900. The molecular weight excluding hydrogens is 501 g/mol. The second-order valence-electron chi connectivity index (χ2n) is 8.49. The van der Waals surface area contributed by atoms with Crippen LogP contribution in [-0.2, 0) is 13.1 Å². The summed E-state index contributed by atoms with van der Waals surface area (Å²) < 4.78 is 0. The molecule has 1 aliphatic rings. The van der Waals surface area contributed by atoms with Crippen LogP contribution in [0.25, 0.3) is 0 Å². The van der Waals surface area contributed by atoms with Crippen molar-refractivity contribution < 1.29 is 5.11 Å². The lowest BCUT2D eigenvalue weighted by atomic mass is 10.0. The fourth-order valence-electron chi connectivity index (χ4n) is 3.96. The maximum absolute atomic E-state index is 9.26. The zero-order valence-corrected chi connectivity index (χ0v) is 22.1. The van der Waals surface area contributed by atoms with Crippen molar-refractivity contribution in [3.05, 3.63) is 35.4 Å². The predicted molar refractivity (Wildman–Crippen MR) is 142 cm³/mol. The number of aliphatic hydroxyl groups is 1. The maximum Gasteiger partial charge on any atom is 0.191 e. The SMILES string of the molecule is CCCC(CCO)CNC(=NCc1ccc(CN2CCCN(C)CC2)cc1)NCC.I. The minimum absolute atomic E-state index is 0. The molecule has 1 aliphatic heterocycles. The summed E-state index contributed by atoms with van der Waals surface area (Å²) in [4.78, 5) is 9.74. The normalized spacial score (nSPS) is 17.0. The van der Waals surface area contributed by atoms with Crippen LogP contribution in [0, 0.1) is 5.92 Å². The van der Waals surface area contributed by atoms with E-state index in [-0.39, 0.29) is 30.6 Å². The molecule has 1 atom stereocenters. The highest BCUT2D eigenvalue weighted by Crippen LogP contribution is 2.11. The van der Waals surface area contributed by atoms with Crippen LogP contribution in [0.5, 0.6) is 0 Å². The standard InChI is InChI=1S/C24H43N5O.HI/c1-4-7-21(12-17-30)18-26-24(25-5-2)27-19-22-8-10-23(11-9-22)20-29-14-6-13-28(3)15-16-29;/h8-11,21,30H,4-7,12-20H2,1-3H3,(H2,25,26,27);1H. The number of guanidine groups is 1. The van der Waals surface area contributed by atoms with Crippen molar-refractivity contribution in [2.24, 2.45) is 10.9 Å². The van der Waals surface area contributed by atoms with Gasteiger partial charge >= 0.3 is 0 Å². The number of halogens is 1. The molecule has 0 amide bonds. The van der Waals surface area contributed by atoms with Crippen molar-refractivity contribution in [1.29, 1.82) is 0 Å². The van der Waals surface area contributed by atoms with Crippen LogP contribution in [-0.4, -0.2) is 73.8 Å². The summed E-state index contributed by atoms with van der Waals surface area (Å²) in [6, 6.07) is 8.91. The van der Waals surface area contributed by atoms with Crippen LogP contribution in [0.3, 0.4) is 0 Å². The first kappa shape index (κ1) is 28.1. The molecule has 1 heterocycles. The highest BCUT2D eigenvalue weighted by molar-refractivity contribution is 14.0. The van der Waals surface area contributed by atoms with Gasteiger partial charge in [-0.05, 0) is 63.4 Å². The van der Waals surface area contributed by atoms with E-state index in [1.165, 1.54) is 30.6 Å². The molecule has 178 valence electrons. The molecule has 1 aromatic rings. The Labute approximate surface area is 206 Å². The number of aliphatic imine (C=N–C) groups is 1. The lowest BCUT2D eigenvalue weighted by Crippen LogP contribution is -2.40. The summed E-state index contributed by atoms with van der Waals surface area (Å²) in [5.74, 6) is 1.34. The zero-order valence-electron chi connectivity index (χ0n) is 19.8. The minimum atomic E-state index is 0. The Morgan fingerprint density at radius 3 is 2.45 bits per heavy atom. The molecule has 0 bridgehead atoms. The third-order valence-electron chi connectivity index (χ3n) is 5.80. The van der Waals surface area contributed by atoms with Gasteiger partial charge in [0.05, 0.1) is 6.54 Å². The van der Waals surface area contributed by atoms with E-state index in [1.807, 2.05) is 0 Å². The highest BCUT2D eigenvalue weighted by atomic mass is 127. The van der Waals surface area contributed by atoms with Crippen LogP contribution in [0.15, 0.2) is 29.3 Å². The summed E-state index contributed by atoms with van der Waals surface area (Å²) in [5, 5.41) is 16.0. The van der Waals surface area contributed by atoms with E-state index in [4.69, 9.17) is 4.99 Å². The average Bonchev–Trinajstić information content (AvgIpc) is 2.95. The van der Waals surface area contributed by atoms with Gasteiger partial charge in [0.15, 0.2) is 5.96 Å². The second kappa shape index (κ2) is 16.7. The van der Waals surface area contributed by atoms with Crippen molar-refractivity contribution in [2.75, 3.05) is 52.9 Å². The zero-order chi connectivity index (χ0) is 21.6. The molecule has 7 heteroatoms. The topological polar surface area (TPSA) is 63.1 Å². The number of hydrogen-bond acceptors (Lipinski definition) is 4. The van der Waals surface area contributed by atoms with Crippen LogP contribution in [0.4, 0.5) is 0 Å². The number of rotatable bonds is 11. The third kappa shape index (κ3) is 11.5. The van der Waals surface area contributed by atoms with Crippen molar-refractivity contribution in [3.63, 3.8) is 0 Å². The Morgan fingerprint density at radius 1 is 1.03 bits per heavy atom. The van der Waals surface area contributed by atoms with Gasteiger partial charge in [-0.25, -0.2) is 4.99 Å². The van der Waals surface area contributed by atoms with E-state index in [1.54, 1.807) is 0 Å². The van der Waals surface area contributed by atoms with Crippen LogP contribution in [0.2, 0.25) is 0 Å². The Morgan fingerprint density at radius 2 is 1.77 bits per heavy atom. The first-order valence-corrected chi connectivity index (χ1v) is 11.8. The second-order valence-corrected chi connectivity index (χ2v) is 8.49. The third-order valence-corrected chi connectivity index (χ3v) is 5.80. The molecule has 0 aromatic heterocycles. The highest BCUT2D eigenvalue weighted by Gasteiger charge is 2.12. The molecule has 0 radical (unpaired) electrons. The van der Waals surface area contributed by atoms with E-state index < -0.39 is 0 Å². The van der Waals surface area contributed by atoms with Crippen molar-refractivity contribution in [3.8, 4) is 0 Å². The fraction of sp³-hybridized carbons (Fsp3) is 0.708. The van der Waals surface area contributed by atoms with E-state index in [0.29, 0.717) is 12.5 Å². The first-order chi connectivity index (χ1) is 14.6. The molecule has 0 saturated carbocycles. The molecule has 1 saturated heterocycles. The molecule has 6 nitrogen and oxygen atoms in total. The smallest absolute Gasteiger partial charge is 0.191 e. The van der Waals surface area contributed by atoms with Gasteiger partial charge < -0.3 is 20.6 Å². The maximum atomic E-state index is 9.26. The lowest BCUT2D eigenvalue weighted by molar-refractivity contribution is 0.251. The van der Waals surface area contributed by atoms with Crippen LogP contribution < -0.4 is 10.6 Å². The summed E-state index contributed by atoms with van der Waals surface area (Å²) in [6.07, 6.45) is 4.36. The first-order valence-electron chi connectivity index (χ1n) is 11.8. The van der Waals surface area contributed by atoms with Gasteiger partial charge in [0.25, 0.3) is 0 Å². The summed E-state index contributed by atoms with van der Waals surface area (Å²) in [5.41, 5.74) is 2.61. The van der Waals surface area contributed by atoms with Gasteiger partial charge in [0.2, 0.25) is 0 Å². The van der Waals surface area contributed by atoms with Gasteiger partial charge in [0, 0.05) is 39.3 Å². The molecule has 1 fully saturated rings. The number of nitrogens with zero attached hydrogens (tertiary/aromatic N) is 3. The van der Waals surface area contributed by atoms with Crippen molar-refractivity contribution in [2.45, 2.75) is 52.6 Å². The number of likely N-dealkylation sites (N-methyl/N-ethyl adjacent to an activating group) is 1. The van der Waals surface area contributed by atoms with Gasteiger partial charge in [-0.1, -0.05) is 37.6 Å². The molecule has 2 rings (SSSR count). The quantitative estimate of drug-likeness (QED) is 0.226. The number of aliphatic hydroxyl groups excluding tert-OH is 1. The fourth-order valence-corrected chi connectivity index (χ4v) is 3.96. The van der Waals surface area contributed by atoms with E-state index in [0.717, 1.165) is 57.9 Å². The minimum Gasteiger partial charge on any atom is -0.396 e. The van der Waals surface area contributed by atoms with Gasteiger partial charge in [-0.15, -0.1) is 24.0 Å². The largest absolute Gasteiger partial charge is 0.396 e. The van der Waals surface area contributed by atoms with Gasteiger partial charge in [-0.2, -0.15) is 0 Å². The molecule has 0 spiro atoms. The van der Waals surface area contributed by atoms with E-state index >= 15 is 0 Å². The molecule has 0 aliphatic carbocycles. The van der Waals surface area contributed by atoms with Crippen molar-refractivity contribution in [1.82, 2.24) is 20.4 Å². The molecular formula is C24H44IN5O. The molecule has 1 unspecified atom stereocenters. The van der Waals surface area contributed by atoms with Crippen molar-refractivity contribution >= 4 is 29.9 Å².